The van der Waals surface area contributed by atoms with Gasteiger partial charge in [-0.05, 0) is 25.5 Å². The molecule has 2 aromatic rings. The molecule has 3 nitrogen and oxygen atoms in total. The van der Waals surface area contributed by atoms with E-state index in [1.165, 1.54) is 0 Å². The van der Waals surface area contributed by atoms with Gasteiger partial charge in [-0.2, -0.15) is 0 Å². The van der Waals surface area contributed by atoms with Gasteiger partial charge in [0.05, 0.1) is 11.1 Å². The summed E-state index contributed by atoms with van der Waals surface area (Å²) in [7, 11) is 0. The van der Waals surface area contributed by atoms with Gasteiger partial charge >= 0.3 is 0 Å². The van der Waals surface area contributed by atoms with Crippen LogP contribution in [0.4, 0.5) is 4.39 Å². The van der Waals surface area contributed by atoms with Gasteiger partial charge in [0, 0.05) is 24.5 Å². The molecule has 0 saturated carbocycles. The topological polar surface area (TPSA) is 29.9 Å². The minimum absolute atomic E-state index is 0.143. The average molecular weight is 310 g/mol. The molecule has 1 atom stereocenters. The molecule has 114 valence electrons. The smallest absolute Gasteiger partial charge is 0.147 e. The Hall–Kier alpha value is -1.39. The van der Waals surface area contributed by atoms with Crippen molar-refractivity contribution < 1.29 is 4.39 Å². The lowest BCUT2D eigenvalue weighted by Gasteiger charge is -2.21. The Bertz CT molecular complexity index is 583. The van der Waals surface area contributed by atoms with E-state index in [-0.39, 0.29) is 16.9 Å². The first-order chi connectivity index (χ1) is 10.2. The first kappa shape index (κ1) is 16.0. The van der Waals surface area contributed by atoms with Crippen LogP contribution in [0.5, 0.6) is 0 Å². The van der Waals surface area contributed by atoms with Crippen LogP contribution >= 0.6 is 11.6 Å². The highest BCUT2D eigenvalue weighted by Crippen LogP contribution is 2.27. The normalized spacial score (nSPS) is 12.6. The Morgan fingerprint density at radius 2 is 2.14 bits per heavy atom. The van der Waals surface area contributed by atoms with Crippen LogP contribution in [-0.2, 0) is 6.54 Å². The number of nitrogens with one attached hydrogen (secondary N) is 1. The van der Waals surface area contributed by atoms with Gasteiger partial charge in [-0.15, -0.1) is 0 Å². The van der Waals surface area contributed by atoms with Gasteiger partial charge in [-0.3, -0.25) is 0 Å². The van der Waals surface area contributed by atoms with Gasteiger partial charge in [0.25, 0.3) is 0 Å². The monoisotopic (exact) mass is 309 g/mol. The molecule has 1 unspecified atom stereocenters. The van der Waals surface area contributed by atoms with Crippen LogP contribution < -0.4 is 5.32 Å². The van der Waals surface area contributed by atoms with Crippen LogP contribution in [0.2, 0.25) is 5.02 Å². The molecule has 0 amide bonds. The Kier molecular flexibility index (Phi) is 5.76. The van der Waals surface area contributed by atoms with E-state index in [2.05, 4.69) is 28.7 Å². The minimum atomic E-state index is -0.376. The first-order valence-electron chi connectivity index (χ1n) is 7.37. The second-order valence-electron chi connectivity index (χ2n) is 5.01. The third-order valence-corrected chi connectivity index (χ3v) is 3.65. The lowest BCUT2D eigenvalue weighted by atomic mass is 10.0. The highest BCUT2D eigenvalue weighted by Gasteiger charge is 2.22. The fourth-order valence-corrected chi connectivity index (χ4v) is 2.57. The Balaban J connectivity index is 2.42. The molecule has 5 heteroatoms. The fourth-order valence-electron chi connectivity index (χ4n) is 2.38. The van der Waals surface area contributed by atoms with Crippen molar-refractivity contribution >= 4 is 11.6 Å². The summed E-state index contributed by atoms with van der Waals surface area (Å²) in [5, 5.41) is 3.52. The van der Waals surface area contributed by atoms with Crippen LogP contribution in [0.25, 0.3) is 0 Å². The molecule has 0 fully saturated rings. The lowest BCUT2D eigenvalue weighted by Crippen LogP contribution is -2.27. The van der Waals surface area contributed by atoms with E-state index in [1.807, 2.05) is 6.20 Å². The van der Waals surface area contributed by atoms with Crippen molar-refractivity contribution in [3.63, 3.8) is 0 Å². The molecule has 21 heavy (non-hydrogen) atoms. The highest BCUT2D eigenvalue weighted by molar-refractivity contribution is 6.30. The summed E-state index contributed by atoms with van der Waals surface area (Å²) >= 11 is 5.92. The number of hydrogen-bond acceptors (Lipinski definition) is 2. The maximum atomic E-state index is 14.4. The lowest BCUT2D eigenvalue weighted by molar-refractivity contribution is 0.504. The number of nitrogens with zero attached hydrogens (tertiary/aromatic N) is 2. The summed E-state index contributed by atoms with van der Waals surface area (Å²) in [5.41, 5.74) is 0.541. The van der Waals surface area contributed by atoms with Gasteiger partial charge in [-0.25, -0.2) is 9.37 Å². The van der Waals surface area contributed by atoms with E-state index in [9.17, 15) is 4.39 Å². The molecule has 1 aromatic carbocycles. The van der Waals surface area contributed by atoms with Gasteiger partial charge in [0.15, 0.2) is 0 Å². The zero-order valence-electron chi connectivity index (χ0n) is 12.4. The van der Waals surface area contributed by atoms with E-state index >= 15 is 0 Å². The van der Waals surface area contributed by atoms with Crippen molar-refractivity contribution in [2.75, 3.05) is 6.54 Å². The molecule has 0 aliphatic rings. The van der Waals surface area contributed by atoms with E-state index < -0.39 is 0 Å². The third-order valence-electron chi connectivity index (χ3n) is 3.36. The second-order valence-corrected chi connectivity index (χ2v) is 5.42. The standard InChI is InChI=1S/C16H21ClFN3/c1-3-8-19-15(12-6-5-7-13(17)14(12)18)16-20-9-11-21(16)10-4-2/h5-7,9,11,15,19H,3-4,8,10H2,1-2H3. The molecule has 0 bridgehead atoms. The van der Waals surface area contributed by atoms with Gasteiger partial charge in [0.1, 0.15) is 11.6 Å². The Morgan fingerprint density at radius 1 is 1.33 bits per heavy atom. The Morgan fingerprint density at radius 3 is 2.86 bits per heavy atom. The van der Waals surface area contributed by atoms with E-state index in [0.29, 0.717) is 5.56 Å². The summed E-state index contributed by atoms with van der Waals surface area (Å²) in [6.07, 6.45) is 5.66. The van der Waals surface area contributed by atoms with E-state index in [0.717, 1.165) is 31.8 Å². The van der Waals surface area contributed by atoms with Crippen LogP contribution in [0.3, 0.4) is 0 Å². The average Bonchev–Trinajstić information content (AvgIpc) is 2.92. The summed E-state index contributed by atoms with van der Waals surface area (Å²) in [6.45, 7) is 5.84. The molecule has 1 aromatic heterocycles. The molecule has 1 heterocycles. The van der Waals surface area contributed by atoms with Crippen molar-refractivity contribution in [1.29, 1.82) is 0 Å². The summed E-state index contributed by atoms with van der Waals surface area (Å²) < 4.78 is 16.4. The molecule has 0 aliphatic heterocycles. The molecule has 0 aliphatic carbocycles. The summed E-state index contributed by atoms with van der Waals surface area (Å²) in [5.74, 6) is 0.449. The Labute approximate surface area is 130 Å². The molecule has 0 saturated heterocycles. The quantitative estimate of drug-likeness (QED) is 0.831. The van der Waals surface area contributed by atoms with Crippen molar-refractivity contribution in [2.45, 2.75) is 39.3 Å². The number of imidazole rings is 1. The molecule has 2 rings (SSSR count). The number of halogens is 2. The van der Waals surface area contributed by atoms with Gasteiger partial charge in [-0.1, -0.05) is 37.6 Å². The zero-order chi connectivity index (χ0) is 15.2. The third kappa shape index (κ3) is 3.63. The zero-order valence-corrected chi connectivity index (χ0v) is 13.2. The van der Waals surface area contributed by atoms with Crippen molar-refractivity contribution in [2.24, 2.45) is 0 Å². The molecule has 1 N–H and O–H groups in total. The number of hydrogen-bond donors (Lipinski definition) is 1. The van der Waals surface area contributed by atoms with E-state index in [1.54, 1.807) is 24.4 Å². The van der Waals surface area contributed by atoms with Crippen LogP contribution in [0.1, 0.15) is 44.1 Å². The van der Waals surface area contributed by atoms with E-state index in [4.69, 9.17) is 11.6 Å². The predicted molar refractivity (Wildman–Crippen MR) is 84.1 cm³/mol. The SMILES string of the molecule is CCCNC(c1cccc(Cl)c1F)c1nccn1CCC. The van der Waals surface area contributed by atoms with Gasteiger partial charge in [0.2, 0.25) is 0 Å². The highest BCUT2D eigenvalue weighted by atomic mass is 35.5. The number of rotatable bonds is 7. The van der Waals surface area contributed by atoms with Crippen LogP contribution in [0.15, 0.2) is 30.6 Å². The molecular formula is C16H21ClFN3. The largest absolute Gasteiger partial charge is 0.333 e. The number of aryl methyl sites for hydroxylation is 1. The second kappa shape index (κ2) is 7.57. The predicted octanol–water partition coefficient (Wildman–Crippen LogP) is 4.17. The summed E-state index contributed by atoms with van der Waals surface area (Å²) in [6, 6.07) is 4.81. The van der Waals surface area contributed by atoms with Crippen molar-refractivity contribution in [3.8, 4) is 0 Å². The maximum absolute atomic E-state index is 14.4. The van der Waals surface area contributed by atoms with Crippen molar-refractivity contribution in [3.05, 3.63) is 52.8 Å². The first-order valence-corrected chi connectivity index (χ1v) is 7.75. The van der Waals surface area contributed by atoms with Crippen molar-refractivity contribution in [1.82, 2.24) is 14.9 Å². The number of aromatic nitrogens is 2. The maximum Gasteiger partial charge on any atom is 0.147 e. The minimum Gasteiger partial charge on any atom is -0.333 e. The van der Waals surface area contributed by atoms with Crippen LogP contribution in [-0.4, -0.2) is 16.1 Å². The molecule has 0 spiro atoms. The summed E-state index contributed by atoms with van der Waals surface area (Å²) in [4.78, 5) is 4.43. The molecule has 0 radical (unpaired) electrons. The van der Waals surface area contributed by atoms with Gasteiger partial charge < -0.3 is 9.88 Å². The molecular weight excluding hydrogens is 289 g/mol. The number of benzene rings is 1. The fraction of sp³-hybridized carbons (Fsp3) is 0.438. The van der Waals surface area contributed by atoms with Crippen LogP contribution in [0, 0.1) is 5.82 Å².